The molecule has 1 heterocycles. The predicted octanol–water partition coefficient (Wildman–Crippen LogP) is 0.620. The highest BCUT2D eigenvalue weighted by Crippen LogP contribution is 2.13. The van der Waals surface area contributed by atoms with E-state index < -0.39 is 11.9 Å². The van der Waals surface area contributed by atoms with Crippen molar-refractivity contribution in [2.24, 2.45) is 0 Å². The molecule has 0 atom stereocenters. The number of aromatic nitrogens is 1. The minimum Gasteiger partial charge on any atom is -0.481 e. The second-order valence-electron chi connectivity index (χ2n) is 3.26. The topological polar surface area (TPSA) is 92.9 Å². The van der Waals surface area contributed by atoms with Gasteiger partial charge in [0, 0.05) is 13.1 Å². The number of carbonyl (C=O) groups excluding carboxylic acids is 1. The summed E-state index contributed by atoms with van der Waals surface area (Å²) < 4.78 is 9.58. The highest BCUT2D eigenvalue weighted by molar-refractivity contribution is 5.91. The van der Waals surface area contributed by atoms with Gasteiger partial charge in [-0.15, -0.1) is 0 Å². The van der Waals surface area contributed by atoms with E-state index >= 15 is 0 Å². The lowest BCUT2D eigenvalue weighted by Gasteiger charge is -2.17. The van der Waals surface area contributed by atoms with Crippen LogP contribution >= 0.6 is 0 Å². The number of rotatable bonds is 6. The van der Waals surface area contributed by atoms with Crippen molar-refractivity contribution < 1.29 is 24.0 Å². The Morgan fingerprint density at radius 3 is 2.76 bits per heavy atom. The molecule has 7 heteroatoms. The minimum absolute atomic E-state index is 0.0362. The molecule has 0 unspecified atom stereocenters. The average Bonchev–Trinajstić information content (AvgIpc) is 2.77. The fourth-order valence-electron chi connectivity index (χ4n) is 1.25. The minimum atomic E-state index is -0.952. The van der Waals surface area contributed by atoms with Crippen molar-refractivity contribution in [1.29, 1.82) is 0 Å². The Bertz CT molecular complexity index is 401. The molecule has 1 rings (SSSR count). The fourth-order valence-corrected chi connectivity index (χ4v) is 1.25. The molecule has 1 N–H and O–H groups in total. The summed E-state index contributed by atoms with van der Waals surface area (Å²) in [6.07, 6.45) is -0.106. The summed E-state index contributed by atoms with van der Waals surface area (Å²) in [4.78, 5) is 23.7. The Labute approximate surface area is 97.9 Å². The third-order valence-electron chi connectivity index (χ3n) is 2.17. The summed E-state index contributed by atoms with van der Waals surface area (Å²) in [5, 5.41) is 12.1. The number of methoxy groups -OCH3 is 1. The quantitative estimate of drug-likeness (QED) is 0.786. The molecule has 0 saturated carbocycles. The largest absolute Gasteiger partial charge is 0.481 e. The second kappa shape index (κ2) is 5.88. The summed E-state index contributed by atoms with van der Waals surface area (Å²) in [6, 6.07) is 1.37. The fraction of sp³-hybridized carbons (Fsp3) is 0.500. The van der Waals surface area contributed by atoms with Gasteiger partial charge in [0.2, 0.25) is 5.76 Å². The molecule has 94 valence electrons. The lowest BCUT2D eigenvalue weighted by Crippen LogP contribution is -2.32. The van der Waals surface area contributed by atoms with Gasteiger partial charge in [0.25, 0.3) is 11.8 Å². The van der Waals surface area contributed by atoms with Crippen LogP contribution in [0.1, 0.15) is 23.9 Å². The average molecular weight is 242 g/mol. The lowest BCUT2D eigenvalue weighted by molar-refractivity contribution is -0.137. The number of amides is 1. The molecule has 0 aliphatic carbocycles. The molecule has 0 aromatic carbocycles. The van der Waals surface area contributed by atoms with Crippen molar-refractivity contribution in [2.45, 2.75) is 13.3 Å². The number of nitrogens with zero attached hydrogens (tertiary/aromatic N) is 2. The molecule has 0 radical (unpaired) electrons. The Morgan fingerprint density at radius 2 is 2.29 bits per heavy atom. The Kier molecular flexibility index (Phi) is 4.50. The molecule has 0 bridgehead atoms. The molecule has 1 amide bonds. The SMILES string of the molecule is CCN(CCC(=O)O)C(=O)c1cc(OC)no1. The molecule has 1 aromatic rings. The number of carboxylic acid groups (broad SMARTS) is 1. The summed E-state index contributed by atoms with van der Waals surface area (Å²) in [6.45, 7) is 2.29. The summed E-state index contributed by atoms with van der Waals surface area (Å²) in [5.41, 5.74) is 0. The Morgan fingerprint density at radius 1 is 1.59 bits per heavy atom. The van der Waals surface area contributed by atoms with E-state index in [1.165, 1.54) is 18.1 Å². The molecule has 0 aliphatic heterocycles. The van der Waals surface area contributed by atoms with Gasteiger partial charge in [0.05, 0.1) is 19.6 Å². The zero-order valence-corrected chi connectivity index (χ0v) is 9.67. The van der Waals surface area contributed by atoms with Crippen LogP contribution in [0, 0.1) is 0 Å². The van der Waals surface area contributed by atoms with Gasteiger partial charge < -0.3 is 19.3 Å². The van der Waals surface area contributed by atoms with Gasteiger partial charge in [0.1, 0.15) is 0 Å². The number of carboxylic acids is 1. The summed E-state index contributed by atoms with van der Waals surface area (Å²) in [7, 11) is 1.41. The first kappa shape index (κ1) is 13.0. The first-order valence-corrected chi connectivity index (χ1v) is 5.10. The van der Waals surface area contributed by atoms with E-state index in [4.69, 9.17) is 14.4 Å². The third-order valence-corrected chi connectivity index (χ3v) is 2.17. The van der Waals surface area contributed by atoms with E-state index in [1.54, 1.807) is 6.92 Å². The van der Waals surface area contributed by atoms with Crippen molar-refractivity contribution in [2.75, 3.05) is 20.2 Å². The van der Waals surface area contributed by atoms with E-state index in [2.05, 4.69) is 5.16 Å². The molecular formula is C10H14N2O5. The van der Waals surface area contributed by atoms with Crippen molar-refractivity contribution >= 4 is 11.9 Å². The van der Waals surface area contributed by atoms with E-state index in [-0.39, 0.29) is 24.6 Å². The van der Waals surface area contributed by atoms with Crippen LogP contribution in [0.15, 0.2) is 10.6 Å². The van der Waals surface area contributed by atoms with Gasteiger partial charge in [-0.05, 0) is 12.1 Å². The number of ether oxygens (including phenoxy) is 1. The maximum atomic E-state index is 11.9. The second-order valence-corrected chi connectivity index (χ2v) is 3.26. The molecule has 0 aliphatic rings. The highest BCUT2D eigenvalue weighted by Gasteiger charge is 2.20. The van der Waals surface area contributed by atoms with Crippen molar-refractivity contribution in [3.63, 3.8) is 0 Å². The smallest absolute Gasteiger partial charge is 0.305 e. The van der Waals surface area contributed by atoms with Gasteiger partial charge in [-0.2, -0.15) is 0 Å². The van der Waals surface area contributed by atoms with E-state index in [1.807, 2.05) is 0 Å². The molecule has 17 heavy (non-hydrogen) atoms. The van der Waals surface area contributed by atoms with Crippen molar-refractivity contribution in [1.82, 2.24) is 10.1 Å². The third kappa shape index (κ3) is 3.47. The van der Waals surface area contributed by atoms with Crippen LogP contribution in [0.3, 0.4) is 0 Å². The summed E-state index contributed by atoms with van der Waals surface area (Å²) in [5.74, 6) is -1.10. The van der Waals surface area contributed by atoms with Crippen LogP contribution in [-0.4, -0.2) is 47.2 Å². The Hall–Kier alpha value is -2.05. The number of hydrogen-bond acceptors (Lipinski definition) is 5. The molecule has 7 nitrogen and oxygen atoms in total. The molecular weight excluding hydrogens is 228 g/mol. The maximum absolute atomic E-state index is 11.9. The predicted molar refractivity (Wildman–Crippen MR) is 56.9 cm³/mol. The van der Waals surface area contributed by atoms with Gasteiger partial charge >= 0.3 is 5.97 Å². The maximum Gasteiger partial charge on any atom is 0.305 e. The number of carbonyl (C=O) groups is 2. The van der Waals surface area contributed by atoms with Crippen LogP contribution in [0.5, 0.6) is 5.88 Å². The van der Waals surface area contributed by atoms with Gasteiger partial charge in [-0.1, -0.05) is 0 Å². The standard InChI is InChI=1S/C10H14N2O5/c1-3-12(5-4-9(13)14)10(15)7-6-8(16-2)11-17-7/h6H,3-5H2,1-2H3,(H,13,14). The monoisotopic (exact) mass is 242 g/mol. The van der Waals surface area contributed by atoms with E-state index in [9.17, 15) is 9.59 Å². The van der Waals surface area contributed by atoms with Gasteiger partial charge in [-0.3, -0.25) is 9.59 Å². The zero-order chi connectivity index (χ0) is 12.8. The highest BCUT2D eigenvalue weighted by atomic mass is 16.5. The van der Waals surface area contributed by atoms with Crippen LogP contribution in [0.25, 0.3) is 0 Å². The summed E-state index contributed by atoms with van der Waals surface area (Å²) >= 11 is 0. The van der Waals surface area contributed by atoms with Crippen molar-refractivity contribution in [3.8, 4) is 5.88 Å². The van der Waals surface area contributed by atoms with Gasteiger partial charge in [0.15, 0.2) is 0 Å². The van der Waals surface area contributed by atoms with Crippen LogP contribution in [0.4, 0.5) is 0 Å². The van der Waals surface area contributed by atoms with Crippen LogP contribution < -0.4 is 4.74 Å². The van der Waals surface area contributed by atoms with E-state index in [0.29, 0.717) is 6.54 Å². The number of aliphatic carboxylic acids is 1. The number of hydrogen-bond donors (Lipinski definition) is 1. The molecule has 0 fully saturated rings. The first-order chi connectivity index (χ1) is 8.08. The van der Waals surface area contributed by atoms with Crippen molar-refractivity contribution in [3.05, 3.63) is 11.8 Å². The first-order valence-electron chi connectivity index (χ1n) is 5.10. The molecule has 0 spiro atoms. The molecule has 1 aromatic heterocycles. The van der Waals surface area contributed by atoms with Crippen LogP contribution in [-0.2, 0) is 4.79 Å². The van der Waals surface area contributed by atoms with Crippen LogP contribution in [0.2, 0.25) is 0 Å². The lowest BCUT2D eigenvalue weighted by atomic mass is 10.3. The zero-order valence-electron chi connectivity index (χ0n) is 9.67. The normalized spacial score (nSPS) is 10.0. The molecule has 0 saturated heterocycles. The Balaban J connectivity index is 2.68. The van der Waals surface area contributed by atoms with Gasteiger partial charge in [-0.25, -0.2) is 0 Å². The van der Waals surface area contributed by atoms with E-state index in [0.717, 1.165) is 0 Å².